The fourth-order valence-electron chi connectivity index (χ4n) is 9.53. The quantitative estimate of drug-likeness (QED) is 0.188. The molecule has 0 saturated carbocycles. The summed E-state index contributed by atoms with van der Waals surface area (Å²) in [5, 5.41) is 0. The zero-order chi connectivity index (χ0) is 32.7. The molecule has 1 heterocycles. The molecule has 3 aliphatic rings. The SMILES string of the molecule is CC1(C)c2ccccc2N(c2ccc(C(C3c4ccccc4-c4ccccc43)C3c4ccccc4-c4ccccc43)cc2)c2ccccc21. The van der Waals surface area contributed by atoms with Gasteiger partial charge in [0.15, 0.2) is 0 Å². The molecule has 0 N–H and O–H groups in total. The zero-order valence-electron chi connectivity index (χ0n) is 27.8. The van der Waals surface area contributed by atoms with Crippen molar-refractivity contribution in [1.29, 1.82) is 0 Å². The molecule has 10 rings (SSSR count). The largest absolute Gasteiger partial charge is 0.310 e. The van der Waals surface area contributed by atoms with Crippen LogP contribution in [0.15, 0.2) is 170 Å². The van der Waals surface area contributed by atoms with Gasteiger partial charge >= 0.3 is 0 Å². The van der Waals surface area contributed by atoms with Crippen LogP contribution in [0, 0.1) is 0 Å². The molecule has 2 aliphatic carbocycles. The Labute approximate surface area is 289 Å². The van der Waals surface area contributed by atoms with E-state index in [9.17, 15) is 0 Å². The molecule has 7 aromatic rings. The van der Waals surface area contributed by atoms with Gasteiger partial charge in [0.1, 0.15) is 0 Å². The molecule has 0 spiro atoms. The van der Waals surface area contributed by atoms with E-state index in [-0.39, 0.29) is 23.2 Å². The zero-order valence-corrected chi connectivity index (χ0v) is 27.8. The van der Waals surface area contributed by atoms with Crippen LogP contribution in [-0.4, -0.2) is 0 Å². The van der Waals surface area contributed by atoms with Gasteiger partial charge in [0.2, 0.25) is 0 Å². The molecule has 49 heavy (non-hydrogen) atoms. The Morgan fingerprint density at radius 1 is 0.408 bits per heavy atom. The molecule has 0 aromatic heterocycles. The third kappa shape index (κ3) is 4.06. The lowest BCUT2D eigenvalue weighted by Gasteiger charge is -2.42. The monoisotopic (exact) mass is 627 g/mol. The van der Waals surface area contributed by atoms with Gasteiger partial charge in [-0.15, -0.1) is 0 Å². The lowest BCUT2D eigenvalue weighted by Crippen LogP contribution is -2.30. The molecule has 7 aromatic carbocycles. The Balaban J connectivity index is 1.18. The minimum absolute atomic E-state index is 0.0821. The van der Waals surface area contributed by atoms with Gasteiger partial charge in [-0.1, -0.05) is 159 Å². The standard InChI is InChI=1S/C48H37N/c1-48(2)41-23-11-13-25-43(41)49(44-26-14-12-24-42(44)48)32-29-27-31(28-30-32)45(46-37-19-7-3-15-33(37)34-16-4-8-20-38(34)46)47-39-21-9-5-17-35(39)36-18-6-10-22-40(36)47/h3-30,45-47H,1-2H3. The van der Waals surface area contributed by atoms with Crippen molar-refractivity contribution in [2.45, 2.75) is 37.0 Å². The van der Waals surface area contributed by atoms with Crippen LogP contribution in [0.25, 0.3) is 22.3 Å². The van der Waals surface area contributed by atoms with E-state index in [1.807, 2.05) is 0 Å². The van der Waals surface area contributed by atoms with E-state index in [0.29, 0.717) is 0 Å². The summed E-state index contributed by atoms with van der Waals surface area (Å²) in [6.07, 6.45) is 0. The highest BCUT2D eigenvalue weighted by molar-refractivity contribution is 5.86. The Hall–Kier alpha value is -5.66. The molecular formula is C48H37N. The highest BCUT2D eigenvalue weighted by Gasteiger charge is 2.44. The van der Waals surface area contributed by atoms with Gasteiger partial charge in [0.05, 0.1) is 11.4 Å². The predicted molar refractivity (Wildman–Crippen MR) is 203 cm³/mol. The van der Waals surface area contributed by atoms with E-state index in [1.165, 1.54) is 78.3 Å². The first-order valence-corrected chi connectivity index (χ1v) is 17.6. The molecule has 0 atom stereocenters. The van der Waals surface area contributed by atoms with E-state index in [1.54, 1.807) is 0 Å². The maximum atomic E-state index is 2.47. The van der Waals surface area contributed by atoms with E-state index >= 15 is 0 Å². The van der Waals surface area contributed by atoms with Crippen LogP contribution >= 0.6 is 0 Å². The first-order chi connectivity index (χ1) is 24.1. The number of anilines is 3. The van der Waals surface area contributed by atoms with Gasteiger partial charge in [-0.25, -0.2) is 0 Å². The molecule has 0 bridgehead atoms. The molecule has 234 valence electrons. The van der Waals surface area contributed by atoms with Gasteiger partial charge in [0.25, 0.3) is 0 Å². The Kier molecular flexibility index (Phi) is 6.18. The number of hydrogen-bond acceptors (Lipinski definition) is 1. The van der Waals surface area contributed by atoms with Crippen molar-refractivity contribution in [1.82, 2.24) is 0 Å². The third-order valence-corrected chi connectivity index (χ3v) is 11.7. The Morgan fingerprint density at radius 3 is 1.16 bits per heavy atom. The van der Waals surface area contributed by atoms with E-state index in [2.05, 4.69) is 189 Å². The first-order valence-electron chi connectivity index (χ1n) is 17.6. The first kappa shape index (κ1) is 28.4. The van der Waals surface area contributed by atoms with Crippen molar-refractivity contribution in [3.05, 3.63) is 209 Å². The normalized spacial score (nSPS) is 15.3. The summed E-state index contributed by atoms with van der Waals surface area (Å²) in [6, 6.07) is 63.9. The molecule has 0 saturated heterocycles. The molecule has 1 aliphatic heterocycles. The van der Waals surface area contributed by atoms with E-state index in [0.717, 1.165) is 0 Å². The number of hydrogen-bond donors (Lipinski definition) is 0. The lowest BCUT2D eigenvalue weighted by molar-refractivity contribution is 0.554. The fraction of sp³-hybridized carbons (Fsp3) is 0.125. The second-order valence-electron chi connectivity index (χ2n) is 14.4. The smallest absolute Gasteiger partial charge is 0.0502 e. The summed E-state index contributed by atoms with van der Waals surface area (Å²) in [4.78, 5) is 2.47. The fourth-order valence-corrected chi connectivity index (χ4v) is 9.53. The number of rotatable bonds is 4. The molecule has 1 nitrogen and oxygen atoms in total. The minimum atomic E-state index is -0.0821. The maximum Gasteiger partial charge on any atom is 0.0502 e. The molecule has 0 fully saturated rings. The molecule has 0 unspecified atom stereocenters. The van der Waals surface area contributed by atoms with Gasteiger partial charge < -0.3 is 4.90 Å². The van der Waals surface area contributed by atoms with Crippen LogP contribution < -0.4 is 4.90 Å². The molecular weight excluding hydrogens is 591 g/mol. The van der Waals surface area contributed by atoms with Crippen molar-refractivity contribution in [2.24, 2.45) is 0 Å². The number of para-hydroxylation sites is 2. The van der Waals surface area contributed by atoms with Crippen molar-refractivity contribution >= 4 is 17.1 Å². The summed E-state index contributed by atoms with van der Waals surface area (Å²) in [7, 11) is 0. The van der Waals surface area contributed by atoms with Crippen LogP contribution in [0.3, 0.4) is 0 Å². The van der Waals surface area contributed by atoms with Gasteiger partial charge in [-0.3, -0.25) is 0 Å². The highest BCUT2D eigenvalue weighted by Crippen LogP contribution is 2.60. The minimum Gasteiger partial charge on any atom is -0.310 e. The van der Waals surface area contributed by atoms with Crippen LogP contribution in [0.5, 0.6) is 0 Å². The van der Waals surface area contributed by atoms with Crippen molar-refractivity contribution in [3.8, 4) is 22.3 Å². The second kappa shape index (κ2) is 10.7. The number of benzene rings is 7. The Bertz CT molecular complexity index is 2160. The maximum absolute atomic E-state index is 2.47. The summed E-state index contributed by atoms with van der Waals surface area (Å²) in [5.41, 5.74) is 18.9. The van der Waals surface area contributed by atoms with Crippen molar-refractivity contribution < 1.29 is 0 Å². The van der Waals surface area contributed by atoms with Gasteiger partial charge in [-0.2, -0.15) is 0 Å². The lowest BCUT2D eigenvalue weighted by atomic mass is 9.69. The van der Waals surface area contributed by atoms with Gasteiger partial charge in [-0.05, 0) is 85.5 Å². The average molecular weight is 628 g/mol. The van der Waals surface area contributed by atoms with Gasteiger partial charge in [0, 0.05) is 28.9 Å². The second-order valence-corrected chi connectivity index (χ2v) is 14.4. The van der Waals surface area contributed by atoms with E-state index < -0.39 is 0 Å². The number of nitrogens with zero attached hydrogens (tertiary/aromatic N) is 1. The third-order valence-electron chi connectivity index (χ3n) is 11.7. The summed E-state index contributed by atoms with van der Waals surface area (Å²) in [5.74, 6) is 0.642. The summed E-state index contributed by atoms with van der Waals surface area (Å²) >= 11 is 0. The molecule has 0 amide bonds. The van der Waals surface area contributed by atoms with Crippen LogP contribution in [0.1, 0.15) is 70.5 Å². The summed E-state index contributed by atoms with van der Waals surface area (Å²) < 4.78 is 0. The summed E-state index contributed by atoms with van der Waals surface area (Å²) in [6.45, 7) is 4.70. The Morgan fingerprint density at radius 2 is 0.755 bits per heavy atom. The number of fused-ring (bicyclic) bond motifs is 8. The van der Waals surface area contributed by atoms with Crippen molar-refractivity contribution in [3.63, 3.8) is 0 Å². The van der Waals surface area contributed by atoms with Crippen LogP contribution in [0.2, 0.25) is 0 Å². The van der Waals surface area contributed by atoms with Crippen LogP contribution in [-0.2, 0) is 5.41 Å². The average Bonchev–Trinajstić information content (AvgIpc) is 3.66. The van der Waals surface area contributed by atoms with Crippen molar-refractivity contribution in [2.75, 3.05) is 4.90 Å². The molecule has 0 radical (unpaired) electrons. The molecule has 1 heteroatoms. The van der Waals surface area contributed by atoms with E-state index in [4.69, 9.17) is 0 Å². The topological polar surface area (TPSA) is 3.24 Å². The van der Waals surface area contributed by atoms with Crippen LogP contribution in [0.4, 0.5) is 17.1 Å². The highest BCUT2D eigenvalue weighted by atomic mass is 15.2. The predicted octanol–water partition coefficient (Wildman–Crippen LogP) is 12.5.